The summed E-state index contributed by atoms with van der Waals surface area (Å²) in [6, 6.07) is 5.31. The van der Waals surface area contributed by atoms with Crippen molar-refractivity contribution in [1.29, 1.82) is 0 Å². The number of carbonyl (C=O) groups is 5. The zero-order valence-corrected chi connectivity index (χ0v) is 33.6. The quantitative estimate of drug-likeness (QED) is 0.0761. The third-order valence-corrected chi connectivity index (χ3v) is 10.0. The highest BCUT2D eigenvalue weighted by Gasteiger charge is 2.58. The largest absolute Gasteiger partial charge is 0.497 e. The average molecular weight is 808 g/mol. The van der Waals surface area contributed by atoms with E-state index in [9.17, 15) is 28.2 Å². The molecule has 2 aliphatic rings. The molecule has 2 aromatic rings. The van der Waals surface area contributed by atoms with Crippen LogP contribution in [0, 0.1) is 0 Å². The molecule has 1 saturated heterocycles. The molecule has 4 rings (SSSR count). The summed E-state index contributed by atoms with van der Waals surface area (Å²) in [5, 5.41) is 9.05. The Kier molecular flexibility index (Phi) is 12.6. The van der Waals surface area contributed by atoms with E-state index >= 15 is 0 Å². The van der Waals surface area contributed by atoms with Crippen LogP contribution in [0.5, 0.6) is 5.75 Å². The van der Waals surface area contributed by atoms with Crippen molar-refractivity contribution in [3.63, 3.8) is 0 Å². The Morgan fingerprint density at radius 1 is 1.04 bits per heavy atom. The lowest BCUT2D eigenvalue weighted by atomic mass is 10.0. The second-order valence-electron chi connectivity index (χ2n) is 14.4. The summed E-state index contributed by atoms with van der Waals surface area (Å²) >= 11 is 7.08. The molecule has 2 N–H and O–H groups in total. The van der Waals surface area contributed by atoms with Crippen LogP contribution in [0.2, 0.25) is 0 Å². The highest BCUT2D eigenvalue weighted by atomic mass is 35.5. The van der Waals surface area contributed by atoms with Crippen LogP contribution >= 0.6 is 22.9 Å². The minimum absolute atomic E-state index is 0.0249. The van der Waals surface area contributed by atoms with Gasteiger partial charge in [-0.05, 0) is 73.1 Å². The number of hydrogen-bond donors (Lipinski definition) is 2. The van der Waals surface area contributed by atoms with Gasteiger partial charge in [0.05, 0.1) is 23.8 Å². The number of alkyl halides is 1. The molecule has 0 bridgehead atoms. The van der Waals surface area contributed by atoms with Crippen LogP contribution in [-0.2, 0) is 55.6 Å². The summed E-state index contributed by atoms with van der Waals surface area (Å²) in [5.41, 5.74) is -3.58. The third-order valence-electron chi connectivity index (χ3n) is 7.34. The van der Waals surface area contributed by atoms with E-state index in [0.717, 1.165) is 16.2 Å². The molecule has 0 aliphatic carbocycles. The number of aromatic nitrogens is 1. The summed E-state index contributed by atoms with van der Waals surface area (Å²) in [6.45, 7) is 16.5. The maximum atomic E-state index is 13.9. The topological polar surface area (TPSA) is 201 Å². The number of allylic oxidation sites excluding steroid dienone is 1. The van der Waals surface area contributed by atoms with E-state index < -0.39 is 74.6 Å². The highest BCUT2D eigenvalue weighted by Crippen LogP contribution is 2.40. The molecule has 0 unspecified atom stereocenters. The van der Waals surface area contributed by atoms with Gasteiger partial charge in [0.25, 0.3) is 11.8 Å². The van der Waals surface area contributed by atoms with Crippen molar-refractivity contribution in [3.05, 3.63) is 63.7 Å². The molecular weight excluding hydrogens is 766 g/mol. The Morgan fingerprint density at radius 3 is 2.24 bits per heavy atom. The molecule has 1 aromatic heterocycles. The maximum absolute atomic E-state index is 13.9. The Bertz CT molecular complexity index is 1930. The van der Waals surface area contributed by atoms with Gasteiger partial charge in [0.2, 0.25) is 5.60 Å². The number of fused-ring (bicyclic) bond motifs is 1. The fourth-order valence-corrected chi connectivity index (χ4v) is 7.32. The van der Waals surface area contributed by atoms with Crippen LogP contribution in [0.25, 0.3) is 0 Å². The Labute approximate surface area is 323 Å². The number of β-lactam (4-membered cyclic amide) rings is 1. The number of halogens is 1. The Hall–Kier alpha value is -4.81. The summed E-state index contributed by atoms with van der Waals surface area (Å²) in [5.74, 6) is -3.25. The van der Waals surface area contributed by atoms with Crippen LogP contribution in [0.3, 0.4) is 0 Å². The average Bonchev–Trinajstić information content (AvgIpc) is 3.53. The van der Waals surface area contributed by atoms with Crippen molar-refractivity contribution in [2.75, 3.05) is 18.3 Å². The molecular formula is C35H42ClN5O11S2. The number of carbonyl (C=O) groups excluding carboxylic acids is 5. The molecule has 2 aliphatic heterocycles. The first-order chi connectivity index (χ1) is 25.1. The van der Waals surface area contributed by atoms with Gasteiger partial charge in [0, 0.05) is 15.9 Å². The molecule has 54 heavy (non-hydrogen) atoms. The number of rotatable bonds is 12. The second kappa shape index (κ2) is 16.3. The molecule has 0 saturated carbocycles. The molecule has 3 atom stereocenters. The minimum atomic E-state index is -2.03. The van der Waals surface area contributed by atoms with Crippen molar-refractivity contribution < 1.29 is 52.0 Å². The van der Waals surface area contributed by atoms with E-state index in [1.54, 1.807) is 65.8 Å². The maximum Gasteiger partial charge on any atom is 0.413 e. The molecule has 0 radical (unpaired) electrons. The molecule has 1 fully saturated rings. The number of thiazole rings is 1. The molecule has 3 heterocycles. The number of esters is 2. The van der Waals surface area contributed by atoms with Crippen molar-refractivity contribution in [2.45, 2.75) is 90.2 Å². The lowest BCUT2D eigenvalue weighted by Crippen LogP contribution is -2.73. The van der Waals surface area contributed by atoms with Gasteiger partial charge in [-0.3, -0.25) is 24.0 Å². The lowest BCUT2D eigenvalue weighted by Gasteiger charge is -2.49. The van der Waals surface area contributed by atoms with Crippen LogP contribution in [-0.4, -0.2) is 90.9 Å². The van der Waals surface area contributed by atoms with E-state index in [1.807, 2.05) is 0 Å². The molecule has 292 valence electrons. The van der Waals surface area contributed by atoms with Gasteiger partial charge >= 0.3 is 18.0 Å². The minimum Gasteiger partial charge on any atom is -0.497 e. The molecule has 1 aromatic carbocycles. The van der Waals surface area contributed by atoms with Crippen LogP contribution in [0.15, 0.2) is 57.6 Å². The zero-order chi connectivity index (χ0) is 40.3. The highest BCUT2D eigenvalue weighted by molar-refractivity contribution is 7.90. The standard InChI is InChI=1S/C35H42ClN5O11S2/c1-18-21(15-36)25(29(44)49-16-19-11-13-20(48-10)14-12-19)41-27(43)24(28(41)54(18)47)38-26(42)23(40-52-35(8,9)30(45)50-33(2,3)4)22-17-53-31(37-22)39-32(46)51-34(5,6)7/h11-14,17,24,28H,1,15-16H2,2-10H3,(H,38,42)(H,37,39,46)/b40-23-/t24-,28-,54-/m1/s1. The van der Waals surface area contributed by atoms with Crippen LogP contribution in [0.1, 0.15) is 66.6 Å². The summed E-state index contributed by atoms with van der Waals surface area (Å²) in [4.78, 5) is 77.1. The van der Waals surface area contributed by atoms with E-state index in [0.29, 0.717) is 11.3 Å². The number of amides is 3. The summed E-state index contributed by atoms with van der Waals surface area (Å²) in [7, 11) is -0.514. The van der Waals surface area contributed by atoms with Crippen LogP contribution < -0.4 is 15.4 Å². The first kappa shape index (κ1) is 41.9. The molecule has 0 spiro atoms. The molecule has 3 amide bonds. The van der Waals surface area contributed by atoms with Gasteiger partial charge in [-0.15, -0.1) is 22.9 Å². The zero-order valence-electron chi connectivity index (χ0n) is 31.2. The number of nitrogens with one attached hydrogen (secondary N) is 2. The normalized spacial score (nSPS) is 19.0. The van der Waals surface area contributed by atoms with Gasteiger partial charge in [-0.25, -0.2) is 19.4 Å². The number of ether oxygens (including phenoxy) is 4. The van der Waals surface area contributed by atoms with Crippen molar-refractivity contribution in [2.24, 2.45) is 5.16 Å². The fraction of sp³-hybridized carbons (Fsp3) is 0.457. The monoisotopic (exact) mass is 807 g/mol. The molecule has 16 nitrogen and oxygen atoms in total. The Morgan fingerprint density at radius 2 is 1.67 bits per heavy atom. The number of benzene rings is 1. The number of methoxy groups -OCH3 is 1. The van der Waals surface area contributed by atoms with E-state index in [-0.39, 0.29) is 39.5 Å². The van der Waals surface area contributed by atoms with Gasteiger partial charge in [-0.1, -0.05) is 23.9 Å². The summed E-state index contributed by atoms with van der Waals surface area (Å²) < 4.78 is 35.0. The number of hydrogen-bond acceptors (Lipinski definition) is 14. The predicted octanol–water partition coefficient (Wildman–Crippen LogP) is 4.51. The SMILES string of the molecule is C=C1C(CCl)=C(C(=O)OCc2ccc(OC)cc2)N2C(=O)[C@@H](NC(=O)/C(=N\OC(C)(C)C(=O)OC(C)(C)C)c3csc(NC(=O)OC(C)(C)C)n3)[C@H]2[S@@]1=O. The Balaban J connectivity index is 1.61. The van der Waals surface area contributed by atoms with E-state index in [4.69, 9.17) is 35.4 Å². The smallest absolute Gasteiger partial charge is 0.413 e. The lowest BCUT2D eigenvalue weighted by molar-refractivity contribution is -0.179. The second-order valence-corrected chi connectivity index (χ2v) is 17.1. The predicted molar refractivity (Wildman–Crippen MR) is 200 cm³/mol. The number of anilines is 1. The van der Waals surface area contributed by atoms with Crippen LogP contribution in [0.4, 0.5) is 9.93 Å². The first-order valence-corrected chi connectivity index (χ1v) is 19.0. The first-order valence-electron chi connectivity index (χ1n) is 16.4. The number of nitrogens with zero attached hydrogens (tertiary/aromatic N) is 3. The van der Waals surface area contributed by atoms with Crippen molar-refractivity contribution in [1.82, 2.24) is 15.2 Å². The van der Waals surface area contributed by atoms with E-state index in [2.05, 4.69) is 27.4 Å². The number of oxime groups is 1. The third kappa shape index (κ3) is 9.83. The summed E-state index contributed by atoms with van der Waals surface area (Å²) in [6.07, 6.45) is -0.809. The van der Waals surface area contributed by atoms with Gasteiger partial charge in [0.1, 0.15) is 46.4 Å². The van der Waals surface area contributed by atoms with E-state index in [1.165, 1.54) is 26.3 Å². The van der Waals surface area contributed by atoms with Gasteiger partial charge in [-0.2, -0.15) is 0 Å². The molecule has 19 heteroatoms. The van der Waals surface area contributed by atoms with Gasteiger partial charge < -0.3 is 29.1 Å². The fourth-order valence-electron chi connectivity index (χ4n) is 4.74. The van der Waals surface area contributed by atoms with Crippen molar-refractivity contribution in [3.8, 4) is 5.75 Å². The van der Waals surface area contributed by atoms with Crippen molar-refractivity contribution >= 4 is 74.4 Å². The van der Waals surface area contributed by atoms with Gasteiger partial charge in [0.15, 0.2) is 10.8 Å².